The third kappa shape index (κ3) is 4.21. The average Bonchev–Trinajstić information content (AvgIpc) is 2.50. The predicted molar refractivity (Wildman–Crippen MR) is 89.6 cm³/mol. The fourth-order valence-corrected chi connectivity index (χ4v) is 3.30. The molecular weight excluding hydrogens is 278 g/mol. The second-order valence-electron chi connectivity index (χ2n) is 5.94. The van der Waals surface area contributed by atoms with Gasteiger partial charge in [0.25, 0.3) is 0 Å². The van der Waals surface area contributed by atoms with Crippen molar-refractivity contribution in [3.63, 3.8) is 0 Å². The van der Waals surface area contributed by atoms with Crippen molar-refractivity contribution < 1.29 is 9.90 Å². The van der Waals surface area contributed by atoms with Gasteiger partial charge in [0.15, 0.2) is 0 Å². The summed E-state index contributed by atoms with van der Waals surface area (Å²) in [4.78, 5) is 14.9. The molecule has 0 radical (unpaired) electrons. The quantitative estimate of drug-likeness (QED) is 0.704. The van der Waals surface area contributed by atoms with Gasteiger partial charge in [0.05, 0.1) is 6.04 Å². The van der Waals surface area contributed by atoms with Gasteiger partial charge in [-0.25, -0.2) is 0 Å². The van der Waals surface area contributed by atoms with E-state index in [4.69, 9.17) is 5.73 Å². The molecule has 0 bridgehead atoms. The summed E-state index contributed by atoms with van der Waals surface area (Å²) in [6.45, 7) is 3.14. The highest BCUT2D eigenvalue weighted by atomic mass is 16.3. The SMILES string of the molecule is CCC(C(=O)Nc1cccc(N)c1)N1CCCCC1CCO. The number of amides is 1. The van der Waals surface area contributed by atoms with E-state index in [9.17, 15) is 9.90 Å². The number of piperidine rings is 1. The second-order valence-corrected chi connectivity index (χ2v) is 5.94. The molecule has 2 rings (SSSR count). The Bertz CT molecular complexity index is 491. The monoisotopic (exact) mass is 305 g/mol. The summed E-state index contributed by atoms with van der Waals surface area (Å²) >= 11 is 0. The number of hydrogen-bond acceptors (Lipinski definition) is 4. The fraction of sp³-hybridized carbons (Fsp3) is 0.588. The number of carbonyl (C=O) groups is 1. The lowest BCUT2D eigenvalue weighted by Gasteiger charge is -2.40. The van der Waals surface area contributed by atoms with E-state index in [0.717, 1.165) is 37.9 Å². The Kier molecular flexibility index (Phi) is 6.21. The van der Waals surface area contributed by atoms with Crippen molar-refractivity contribution >= 4 is 17.3 Å². The van der Waals surface area contributed by atoms with Crippen LogP contribution in [0.15, 0.2) is 24.3 Å². The smallest absolute Gasteiger partial charge is 0.241 e. The maximum absolute atomic E-state index is 12.6. The highest BCUT2D eigenvalue weighted by Gasteiger charge is 2.31. The topological polar surface area (TPSA) is 78.6 Å². The second kappa shape index (κ2) is 8.15. The van der Waals surface area contributed by atoms with Gasteiger partial charge in [0.1, 0.15) is 0 Å². The van der Waals surface area contributed by atoms with Gasteiger partial charge in [-0.05, 0) is 50.4 Å². The summed E-state index contributed by atoms with van der Waals surface area (Å²) in [5.41, 5.74) is 7.13. The van der Waals surface area contributed by atoms with Gasteiger partial charge in [-0.2, -0.15) is 0 Å². The van der Waals surface area contributed by atoms with E-state index in [1.807, 2.05) is 19.1 Å². The average molecular weight is 305 g/mol. The Labute approximate surface area is 132 Å². The fourth-order valence-electron chi connectivity index (χ4n) is 3.30. The maximum Gasteiger partial charge on any atom is 0.241 e. The lowest BCUT2D eigenvalue weighted by atomic mass is 9.96. The molecular formula is C17H27N3O2. The molecule has 122 valence electrons. The van der Waals surface area contributed by atoms with Crippen molar-refractivity contribution in [2.24, 2.45) is 0 Å². The van der Waals surface area contributed by atoms with Gasteiger partial charge in [0.2, 0.25) is 5.91 Å². The van der Waals surface area contributed by atoms with Gasteiger partial charge >= 0.3 is 0 Å². The molecule has 5 heteroatoms. The van der Waals surface area contributed by atoms with Gasteiger partial charge in [-0.15, -0.1) is 0 Å². The highest BCUT2D eigenvalue weighted by Crippen LogP contribution is 2.24. The van der Waals surface area contributed by atoms with Crippen molar-refractivity contribution in [3.8, 4) is 0 Å². The van der Waals surface area contributed by atoms with Crippen molar-refractivity contribution in [1.82, 2.24) is 4.90 Å². The molecule has 1 aromatic rings. The Hall–Kier alpha value is -1.59. The van der Waals surface area contributed by atoms with E-state index >= 15 is 0 Å². The number of hydrogen-bond donors (Lipinski definition) is 3. The van der Waals surface area contributed by atoms with Gasteiger partial charge in [-0.1, -0.05) is 19.4 Å². The molecule has 1 aliphatic heterocycles. The van der Waals surface area contributed by atoms with Gasteiger partial charge in [0, 0.05) is 24.0 Å². The molecule has 1 saturated heterocycles. The molecule has 1 aromatic carbocycles. The van der Waals surface area contributed by atoms with E-state index in [-0.39, 0.29) is 18.6 Å². The zero-order valence-electron chi connectivity index (χ0n) is 13.3. The van der Waals surface area contributed by atoms with Crippen LogP contribution in [0.5, 0.6) is 0 Å². The van der Waals surface area contributed by atoms with Crippen LogP contribution < -0.4 is 11.1 Å². The Morgan fingerprint density at radius 3 is 3.00 bits per heavy atom. The molecule has 4 N–H and O–H groups in total. The zero-order valence-corrected chi connectivity index (χ0v) is 13.3. The number of aliphatic hydroxyl groups is 1. The molecule has 1 heterocycles. The van der Waals surface area contributed by atoms with Crippen LogP contribution in [0.1, 0.15) is 39.0 Å². The first-order valence-electron chi connectivity index (χ1n) is 8.18. The Balaban J connectivity index is 2.07. The number of benzene rings is 1. The molecule has 22 heavy (non-hydrogen) atoms. The van der Waals surface area contributed by atoms with Crippen LogP contribution in [0.3, 0.4) is 0 Å². The highest BCUT2D eigenvalue weighted by molar-refractivity contribution is 5.95. The lowest BCUT2D eigenvalue weighted by molar-refractivity contribution is -0.123. The summed E-state index contributed by atoms with van der Waals surface area (Å²) in [7, 11) is 0. The molecule has 2 atom stereocenters. The number of anilines is 2. The standard InChI is InChI=1S/C17H27N3O2/c1-2-16(20-10-4-3-8-15(20)9-11-21)17(22)19-14-7-5-6-13(18)12-14/h5-7,12,15-16,21H,2-4,8-11,18H2,1H3,(H,19,22). The van der Waals surface area contributed by atoms with Crippen LogP contribution in [-0.2, 0) is 4.79 Å². The molecule has 1 aliphatic rings. The number of nitrogen functional groups attached to an aromatic ring is 1. The summed E-state index contributed by atoms with van der Waals surface area (Å²) < 4.78 is 0. The predicted octanol–water partition coefficient (Wildman–Crippen LogP) is 2.22. The molecule has 1 fully saturated rings. The van der Waals surface area contributed by atoms with Crippen molar-refractivity contribution in [1.29, 1.82) is 0 Å². The van der Waals surface area contributed by atoms with Gasteiger partial charge < -0.3 is 16.2 Å². The summed E-state index contributed by atoms with van der Waals surface area (Å²) in [6, 6.07) is 7.40. The molecule has 0 aliphatic carbocycles. The van der Waals surface area contributed by atoms with E-state index < -0.39 is 0 Å². The minimum Gasteiger partial charge on any atom is -0.399 e. The molecule has 0 saturated carbocycles. The van der Waals surface area contributed by atoms with E-state index in [1.165, 1.54) is 6.42 Å². The Morgan fingerprint density at radius 2 is 2.32 bits per heavy atom. The molecule has 0 spiro atoms. The first-order valence-corrected chi connectivity index (χ1v) is 8.18. The van der Waals surface area contributed by atoms with E-state index in [2.05, 4.69) is 10.2 Å². The first-order chi connectivity index (χ1) is 10.7. The third-order valence-corrected chi connectivity index (χ3v) is 4.38. The van der Waals surface area contributed by atoms with Crippen LogP contribution in [0.4, 0.5) is 11.4 Å². The lowest BCUT2D eigenvalue weighted by Crippen LogP contribution is -2.51. The molecule has 5 nitrogen and oxygen atoms in total. The van der Waals surface area contributed by atoms with Gasteiger partial charge in [-0.3, -0.25) is 9.69 Å². The Morgan fingerprint density at radius 1 is 1.50 bits per heavy atom. The van der Waals surface area contributed by atoms with E-state index in [1.54, 1.807) is 12.1 Å². The first kappa shape index (κ1) is 16.8. The third-order valence-electron chi connectivity index (χ3n) is 4.38. The van der Waals surface area contributed by atoms with E-state index in [0.29, 0.717) is 11.7 Å². The zero-order chi connectivity index (χ0) is 15.9. The maximum atomic E-state index is 12.6. The summed E-state index contributed by atoms with van der Waals surface area (Å²) in [5.74, 6) is 0.0120. The minimum atomic E-state index is -0.154. The summed E-state index contributed by atoms with van der Waals surface area (Å²) in [5, 5.41) is 12.2. The van der Waals surface area contributed by atoms with Crippen molar-refractivity contribution in [2.45, 2.75) is 51.1 Å². The molecule has 2 unspecified atom stereocenters. The number of likely N-dealkylation sites (tertiary alicyclic amines) is 1. The van der Waals surface area contributed by atoms with Crippen molar-refractivity contribution in [2.75, 3.05) is 24.2 Å². The van der Waals surface area contributed by atoms with Crippen LogP contribution >= 0.6 is 0 Å². The number of nitrogens with two attached hydrogens (primary N) is 1. The molecule has 0 aromatic heterocycles. The largest absolute Gasteiger partial charge is 0.399 e. The van der Waals surface area contributed by atoms with Crippen LogP contribution in [0.25, 0.3) is 0 Å². The number of rotatable bonds is 6. The number of nitrogens with one attached hydrogen (secondary N) is 1. The van der Waals surface area contributed by atoms with Crippen LogP contribution in [0, 0.1) is 0 Å². The number of aliphatic hydroxyl groups excluding tert-OH is 1. The number of carbonyl (C=O) groups excluding carboxylic acids is 1. The number of nitrogens with zero attached hydrogens (tertiary/aromatic N) is 1. The van der Waals surface area contributed by atoms with Crippen LogP contribution in [0.2, 0.25) is 0 Å². The van der Waals surface area contributed by atoms with Crippen molar-refractivity contribution in [3.05, 3.63) is 24.3 Å². The summed E-state index contributed by atoms with van der Waals surface area (Å²) in [6.07, 6.45) is 4.85. The molecule has 1 amide bonds. The normalized spacial score (nSPS) is 20.5. The minimum absolute atomic E-state index is 0.0120. The van der Waals surface area contributed by atoms with Crippen LogP contribution in [-0.4, -0.2) is 41.1 Å².